The zero-order valence-electron chi connectivity index (χ0n) is 28.3. The molecule has 0 spiro atoms. The number of methoxy groups -OCH3 is 1. The predicted octanol–water partition coefficient (Wildman–Crippen LogP) is 7.10. The molecule has 0 aliphatic carbocycles. The van der Waals surface area contributed by atoms with Gasteiger partial charge in [-0.1, -0.05) is 35.9 Å². The van der Waals surface area contributed by atoms with Crippen molar-refractivity contribution >= 4 is 35.3 Å². The molecular formula is C36H45N3O7. The van der Waals surface area contributed by atoms with Crippen LogP contribution < -0.4 is 20.7 Å². The Hall–Kier alpha value is -4.86. The molecular weight excluding hydrogens is 586 g/mol. The van der Waals surface area contributed by atoms with E-state index >= 15 is 0 Å². The number of urea groups is 1. The molecule has 3 rings (SSSR count). The standard InChI is InChI=1S/C36H45N3O7/c1-21-17-22(2)31(23(3)18-21)39-34(43)38-28-19-25(24-11-14-26(44-10)15-12-24)13-16-27(28)32(41)37-29(33(42)46-36(7,8)9)20-30(40)45-35(4,5)6/h11-19,29H,20H2,1-10H3,(H,37,41)(H2,38,39,43)/t29-/m0/s1. The van der Waals surface area contributed by atoms with Crippen LogP contribution >= 0.6 is 0 Å². The third-order valence-corrected chi connectivity index (χ3v) is 6.64. The highest BCUT2D eigenvalue weighted by Gasteiger charge is 2.32. The number of anilines is 2. The Kier molecular flexibility index (Phi) is 11.2. The Morgan fingerprint density at radius 3 is 1.85 bits per heavy atom. The smallest absolute Gasteiger partial charge is 0.329 e. The van der Waals surface area contributed by atoms with E-state index in [1.54, 1.807) is 79.0 Å². The van der Waals surface area contributed by atoms with E-state index < -0.39 is 47.5 Å². The van der Waals surface area contributed by atoms with Gasteiger partial charge in [0.15, 0.2) is 0 Å². The number of carbonyl (C=O) groups excluding carboxylic acids is 4. The normalized spacial score (nSPS) is 12.0. The molecule has 1 atom stereocenters. The van der Waals surface area contributed by atoms with Crippen LogP contribution in [0.3, 0.4) is 0 Å². The number of nitrogens with one attached hydrogen (secondary N) is 3. The molecule has 0 saturated heterocycles. The monoisotopic (exact) mass is 631 g/mol. The average Bonchev–Trinajstić information content (AvgIpc) is 2.92. The molecule has 0 heterocycles. The Balaban J connectivity index is 1.99. The third kappa shape index (κ3) is 10.4. The molecule has 0 unspecified atom stereocenters. The Morgan fingerprint density at radius 2 is 1.30 bits per heavy atom. The lowest BCUT2D eigenvalue weighted by atomic mass is 10.0. The van der Waals surface area contributed by atoms with E-state index in [1.165, 1.54) is 0 Å². The number of benzene rings is 3. The molecule has 3 aromatic rings. The lowest BCUT2D eigenvalue weighted by molar-refractivity contribution is -0.164. The number of carbonyl (C=O) groups is 4. The Bertz CT molecular complexity index is 1580. The molecule has 0 aliphatic rings. The molecule has 0 bridgehead atoms. The lowest BCUT2D eigenvalue weighted by Gasteiger charge is -2.26. The van der Waals surface area contributed by atoms with E-state index in [4.69, 9.17) is 14.2 Å². The summed E-state index contributed by atoms with van der Waals surface area (Å²) in [7, 11) is 1.58. The summed E-state index contributed by atoms with van der Waals surface area (Å²) in [4.78, 5) is 53.0. The van der Waals surface area contributed by atoms with Crippen LogP contribution in [0.5, 0.6) is 5.75 Å². The molecule has 246 valence electrons. The number of hydrogen-bond acceptors (Lipinski definition) is 7. The van der Waals surface area contributed by atoms with Crippen LogP contribution in [-0.4, -0.2) is 48.2 Å². The fourth-order valence-electron chi connectivity index (χ4n) is 4.81. The van der Waals surface area contributed by atoms with Crippen molar-refractivity contribution in [3.05, 3.63) is 76.9 Å². The Labute approximate surface area is 271 Å². The summed E-state index contributed by atoms with van der Waals surface area (Å²) in [6.45, 7) is 16.0. The number of rotatable bonds is 9. The molecule has 10 heteroatoms. The van der Waals surface area contributed by atoms with E-state index in [2.05, 4.69) is 16.0 Å². The number of aryl methyl sites for hydroxylation is 3. The molecule has 0 radical (unpaired) electrons. The van der Waals surface area contributed by atoms with Crippen molar-refractivity contribution in [1.29, 1.82) is 0 Å². The molecule has 0 fully saturated rings. The van der Waals surface area contributed by atoms with Gasteiger partial charge in [0.25, 0.3) is 5.91 Å². The average molecular weight is 632 g/mol. The fourth-order valence-corrected chi connectivity index (χ4v) is 4.81. The van der Waals surface area contributed by atoms with Crippen molar-refractivity contribution < 1.29 is 33.4 Å². The van der Waals surface area contributed by atoms with Crippen molar-refractivity contribution in [2.45, 2.75) is 86.0 Å². The highest BCUT2D eigenvalue weighted by molar-refractivity contribution is 6.08. The van der Waals surface area contributed by atoms with Crippen molar-refractivity contribution in [3.63, 3.8) is 0 Å². The maximum atomic E-state index is 13.8. The quantitative estimate of drug-likeness (QED) is 0.215. The zero-order chi connectivity index (χ0) is 34.4. The molecule has 10 nitrogen and oxygen atoms in total. The van der Waals surface area contributed by atoms with Gasteiger partial charge in [0.2, 0.25) is 0 Å². The van der Waals surface area contributed by atoms with E-state index in [1.807, 2.05) is 45.0 Å². The van der Waals surface area contributed by atoms with Gasteiger partial charge in [-0.2, -0.15) is 0 Å². The molecule has 0 aliphatic heterocycles. The van der Waals surface area contributed by atoms with Crippen LogP contribution in [0.25, 0.3) is 11.1 Å². The van der Waals surface area contributed by atoms with Crippen molar-refractivity contribution in [2.75, 3.05) is 17.7 Å². The number of esters is 2. The molecule has 3 N–H and O–H groups in total. The van der Waals surface area contributed by atoms with Gasteiger partial charge in [-0.3, -0.25) is 9.59 Å². The van der Waals surface area contributed by atoms with Crippen molar-refractivity contribution in [2.24, 2.45) is 0 Å². The molecule has 0 saturated carbocycles. The van der Waals surface area contributed by atoms with Gasteiger partial charge in [-0.25, -0.2) is 9.59 Å². The van der Waals surface area contributed by atoms with E-state index in [-0.39, 0.29) is 11.3 Å². The molecule has 3 amide bonds. The minimum atomic E-state index is -1.35. The lowest BCUT2D eigenvalue weighted by Crippen LogP contribution is -2.46. The van der Waals surface area contributed by atoms with Crippen LogP contribution in [0.2, 0.25) is 0 Å². The van der Waals surface area contributed by atoms with Crippen LogP contribution in [0.15, 0.2) is 54.6 Å². The highest BCUT2D eigenvalue weighted by atomic mass is 16.6. The first kappa shape index (κ1) is 35.6. The predicted molar refractivity (Wildman–Crippen MR) is 179 cm³/mol. The number of hydrogen-bond donors (Lipinski definition) is 3. The second-order valence-electron chi connectivity index (χ2n) is 13.2. The van der Waals surface area contributed by atoms with Gasteiger partial charge in [0.05, 0.1) is 24.8 Å². The van der Waals surface area contributed by atoms with Gasteiger partial charge in [0.1, 0.15) is 23.0 Å². The molecule has 46 heavy (non-hydrogen) atoms. The van der Waals surface area contributed by atoms with Crippen LogP contribution in [0.4, 0.5) is 16.2 Å². The first-order valence-corrected chi connectivity index (χ1v) is 15.0. The first-order chi connectivity index (χ1) is 21.3. The van der Waals surface area contributed by atoms with Gasteiger partial charge >= 0.3 is 18.0 Å². The van der Waals surface area contributed by atoms with E-state index in [0.29, 0.717) is 11.4 Å². The summed E-state index contributed by atoms with van der Waals surface area (Å²) in [6.07, 6.45) is -0.447. The summed E-state index contributed by atoms with van der Waals surface area (Å²) in [6, 6.07) is 14.3. The van der Waals surface area contributed by atoms with Crippen LogP contribution in [0, 0.1) is 20.8 Å². The van der Waals surface area contributed by atoms with E-state index in [9.17, 15) is 19.2 Å². The number of ether oxygens (including phenoxy) is 3. The number of amides is 3. The van der Waals surface area contributed by atoms with E-state index in [0.717, 1.165) is 27.8 Å². The fraction of sp³-hybridized carbons (Fsp3) is 0.389. The van der Waals surface area contributed by atoms with Gasteiger partial charge in [-0.15, -0.1) is 0 Å². The largest absolute Gasteiger partial charge is 0.497 e. The highest BCUT2D eigenvalue weighted by Crippen LogP contribution is 2.29. The van der Waals surface area contributed by atoms with Crippen molar-refractivity contribution in [1.82, 2.24) is 5.32 Å². The SMILES string of the molecule is COc1ccc(-c2ccc(C(=O)N[C@@H](CC(=O)OC(C)(C)C)C(=O)OC(C)(C)C)c(NC(=O)Nc3c(C)cc(C)cc3C)c2)cc1. The summed E-state index contributed by atoms with van der Waals surface area (Å²) in [5, 5.41) is 8.34. The topological polar surface area (TPSA) is 132 Å². The summed E-state index contributed by atoms with van der Waals surface area (Å²) < 4.78 is 16.2. The first-order valence-electron chi connectivity index (χ1n) is 15.0. The minimum absolute atomic E-state index is 0.0718. The van der Waals surface area contributed by atoms with Gasteiger partial charge < -0.3 is 30.2 Å². The van der Waals surface area contributed by atoms with Crippen molar-refractivity contribution in [3.8, 4) is 16.9 Å². The summed E-state index contributed by atoms with van der Waals surface area (Å²) in [5.74, 6) is -1.49. The second kappa shape index (κ2) is 14.5. The third-order valence-electron chi connectivity index (χ3n) is 6.64. The zero-order valence-corrected chi connectivity index (χ0v) is 28.3. The minimum Gasteiger partial charge on any atom is -0.497 e. The summed E-state index contributed by atoms with van der Waals surface area (Å²) in [5.41, 5.74) is 3.63. The molecule has 3 aromatic carbocycles. The van der Waals surface area contributed by atoms with Crippen LogP contribution in [0.1, 0.15) is 75.0 Å². The van der Waals surface area contributed by atoms with Gasteiger partial charge in [0, 0.05) is 5.69 Å². The molecule has 0 aromatic heterocycles. The maximum absolute atomic E-state index is 13.8. The van der Waals surface area contributed by atoms with Crippen LogP contribution in [-0.2, 0) is 19.1 Å². The maximum Gasteiger partial charge on any atom is 0.329 e. The Morgan fingerprint density at radius 1 is 0.739 bits per heavy atom. The van der Waals surface area contributed by atoms with Gasteiger partial charge in [-0.05, 0) is 109 Å². The summed E-state index contributed by atoms with van der Waals surface area (Å²) >= 11 is 0. The second-order valence-corrected chi connectivity index (χ2v) is 13.2.